The van der Waals surface area contributed by atoms with Crippen LogP contribution in [0.25, 0.3) is 0 Å². The molecule has 0 radical (unpaired) electrons. The molecule has 0 saturated carbocycles. The Bertz CT molecular complexity index is 467. The van der Waals surface area contributed by atoms with E-state index in [9.17, 15) is 8.42 Å². The molecule has 1 unspecified atom stereocenters. The minimum absolute atomic E-state index is 0.0181. The lowest BCUT2D eigenvalue weighted by Gasteiger charge is -2.02. The number of hydrogen-bond acceptors (Lipinski definition) is 3. The van der Waals surface area contributed by atoms with E-state index in [1.54, 1.807) is 12.1 Å². The predicted molar refractivity (Wildman–Crippen MR) is 53.3 cm³/mol. The molecule has 0 bridgehead atoms. The Balaban J connectivity index is 2.62. The Morgan fingerprint density at radius 2 is 2.21 bits per heavy atom. The third-order valence-corrected chi connectivity index (χ3v) is 3.58. The molecule has 1 heterocycles. The summed E-state index contributed by atoms with van der Waals surface area (Å²) in [6.07, 6.45) is 0.613. The summed E-state index contributed by atoms with van der Waals surface area (Å²) in [5, 5.41) is 0. The minimum Gasteiger partial charge on any atom is -0.490 e. The summed E-state index contributed by atoms with van der Waals surface area (Å²) in [4.78, 5) is 0.168. The summed E-state index contributed by atoms with van der Waals surface area (Å²) in [5.74, 6) is 0.624. The van der Waals surface area contributed by atoms with Crippen LogP contribution in [-0.2, 0) is 15.5 Å². The SMILES string of the molecule is CC1Cc2c(cccc2S(=O)(=O)Cl)O1. The van der Waals surface area contributed by atoms with E-state index in [1.165, 1.54) is 6.07 Å². The molecule has 0 spiro atoms. The van der Waals surface area contributed by atoms with Crippen LogP contribution in [0.3, 0.4) is 0 Å². The Hall–Kier alpha value is -0.740. The normalized spacial score (nSPS) is 20.3. The second-order valence-corrected chi connectivity index (χ2v) is 5.84. The molecule has 1 atom stereocenters. The fourth-order valence-corrected chi connectivity index (χ4v) is 2.78. The second-order valence-electron chi connectivity index (χ2n) is 3.30. The standard InChI is InChI=1S/C9H9ClO3S/c1-6-5-7-8(13-6)3-2-4-9(7)14(10,11)12/h2-4,6H,5H2,1H3. The van der Waals surface area contributed by atoms with Crippen molar-refractivity contribution in [3.63, 3.8) is 0 Å². The van der Waals surface area contributed by atoms with Crippen LogP contribution >= 0.6 is 10.7 Å². The first kappa shape index (κ1) is 9.80. The molecule has 3 nitrogen and oxygen atoms in total. The summed E-state index contributed by atoms with van der Waals surface area (Å²) in [6.45, 7) is 1.89. The van der Waals surface area contributed by atoms with E-state index in [-0.39, 0.29) is 11.0 Å². The van der Waals surface area contributed by atoms with Gasteiger partial charge in [-0.25, -0.2) is 8.42 Å². The van der Waals surface area contributed by atoms with Crippen LogP contribution in [0.2, 0.25) is 0 Å². The van der Waals surface area contributed by atoms with Gasteiger partial charge in [-0.05, 0) is 19.1 Å². The highest BCUT2D eigenvalue weighted by Crippen LogP contribution is 2.34. The first-order chi connectivity index (χ1) is 6.48. The summed E-state index contributed by atoms with van der Waals surface area (Å²) < 4.78 is 27.8. The van der Waals surface area contributed by atoms with Gasteiger partial charge in [0.15, 0.2) is 0 Å². The molecule has 0 amide bonds. The number of halogens is 1. The highest BCUT2D eigenvalue weighted by atomic mass is 35.7. The fourth-order valence-electron chi connectivity index (χ4n) is 1.63. The van der Waals surface area contributed by atoms with E-state index >= 15 is 0 Å². The summed E-state index contributed by atoms with van der Waals surface area (Å²) >= 11 is 0. The molecule has 5 heteroatoms. The third kappa shape index (κ3) is 1.60. The van der Waals surface area contributed by atoms with Gasteiger partial charge in [-0.1, -0.05) is 6.07 Å². The Morgan fingerprint density at radius 1 is 1.50 bits per heavy atom. The molecule has 1 aromatic rings. The average Bonchev–Trinajstić information content (AvgIpc) is 2.41. The zero-order chi connectivity index (χ0) is 10.3. The van der Waals surface area contributed by atoms with Crippen molar-refractivity contribution in [2.75, 3.05) is 0 Å². The Labute approximate surface area is 87.1 Å². The van der Waals surface area contributed by atoms with Gasteiger partial charge in [0.2, 0.25) is 0 Å². The van der Waals surface area contributed by atoms with Crippen LogP contribution in [0.4, 0.5) is 0 Å². The molecular weight excluding hydrogens is 224 g/mol. The predicted octanol–water partition coefficient (Wildman–Crippen LogP) is 1.94. The Morgan fingerprint density at radius 3 is 2.86 bits per heavy atom. The minimum atomic E-state index is -3.66. The van der Waals surface area contributed by atoms with Crippen molar-refractivity contribution in [1.82, 2.24) is 0 Å². The largest absolute Gasteiger partial charge is 0.490 e. The van der Waals surface area contributed by atoms with Gasteiger partial charge >= 0.3 is 0 Å². The maximum Gasteiger partial charge on any atom is 0.261 e. The monoisotopic (exact) mass is 232 g/mol. The summed E-state index contributed by atoms with van der Waals surface area (Å²) in [5.41, 5.74) is 0.690. The number of rotatable bonds is 1. The van der Waals surface area contributed by atoms with Crippen molar-refractivity contribution in [3.05, 3.63) is 23.8 Å². The molecule has 0 aromatic heterocycles. The average molecular weight is 233 g/mol. The number of benzene rings is 1. The van der Waals surface area contributed by atoms with Crippen molar-refractivity contribution in [2.24, 2.45) is 0 Å². The zero-order valence-corrected chi connectivity index (χ0v) is 9.10. The van der Waals surface area contributed by atoms with E-state index in [0.29, 0.717) is 17.7 Å². The van der Waals surface area contributed by atoms with E-state index in [0.717, 1.165) is 0 Å². The maximum atomic E-state index is 11.2. The number of ether oxygens (including phenoxy) is 1. The van der Waals surface area contributed by atoms with Crippen LogP contribution in [0.15, 0.2) is 23.1 Å². The van der Waals surface area contributed by atoms with Crippen LogP contribution < -0.4 is 4.74 Å². The molecule has 1 aromatic carbocycles. The van der Waals surface area contributed by atoms with Gasteiger partial charge < -0.3 is 4.74 Å². The number of hydrogen-bond donors (Lipinski definition) is 0. The van der Waals surface area contributed by atoms with Crippen molar-refractivity contribution >= 4 is 19.7 Å². The van der Waals surface area contributed by atoms with E-state index in [1.807, 2.05) is 6.92 Å². The second kappa shape index (κ2) is 3.14. The van der Waals surface area contributed by atoms with Gasteiger partial charge in [0.1, 0.15) is 11.9 Å². The zero-order valence-electron chi connectivity index (χ0n) is 7.53. The highest BCUT2D eigenvalue weighted by Gasteiger charge is 2.26. The molecular formula is C9H9ClO3S. The highest BCUT2D eigenvalue weighted by molar-refractivity contribution is 8.13. The maximum absolute atomic E-state index is 11.2. The van der Waals surface area contributed by atoms with Crippen LogP contribution in [0.1, 0.15) is 12.5 Å². The first-order valence-electron chi connectivity index (χ1n) is 4.21. The molecule has 0 aliphatic carbocycles. The molecule has 2 rings (SSSR count). The topological polar surface area (TPSA) is 43.4 Å². The van der Waals surface area contributed by atoms with Gasteiger partial charge in [-0.2, -0.15) is 0 Å². The van der Waals surface area contributed by atoms with E-state index < -0.39 is 9.05 Å². The van der Waals surface area contributed by atoms with Crippen molar-refractivity contribution in [3.8, 4) is 5.75 Å². The van der Waals surface area contributed by atoms with Crippen molar-refractivity contribution in [1.29, 1.82) is 0 Å². The van der Waals surface area contributed by atoms with Crippen LogP contribution in [0.5, 0.6) is 5.75 Å². The van der Waals surface area contributed by atoms with E-state index in [4.69, 9.17) is 15.4 Å². The first-order valence-corrected chi connectivity index (χ1v) is 6.52. The van der Waals surface area contributed by atoms with Gasteiger partial charge in [0.05, 0.1) is 4.90 Å². The molecule has 0 saturated heterocycles. The summed E-state index contributed by atoms with van der Waals surface area (Å²) in [6, 6.07) is 4.89. The third-order valence-electron chi connectivity index (χ3n) is 2.17. The lowest BCUT2D eigenvalue weighted by atomic mass is 10.1. The lowest BCUT2D eigenvalue weighted by molar-refractivity contribution is 0.254. The van der Waals surface area contributed by atoms with Crippen molar-refractivity contribution in [2.45, 2.75) is 24.3 Å². The van der Waals surface area contributed by atoms with Gasteiger partial charge in [0, 0.05) is 22.7 Å². The molecule has 1 aliphatic rings. The van der Waals surface area contributed by atoms with Crippen molar-refractivity contribution < 1.29 is 13.2 Å². The van der Waals surface area contributed by atoms with Gasteiger partial charge in [0.25, 0.3) is 9.05 Å². The molecule has 0 fully saturated rings. The molecule has 76 valence electrons. The number of fused-ring (bicyclic) bond motifs is 1. The quantitative estimate of drug-likeness (QED) is 0.695. The van der Waals surface area contributed by atoms with Gasteiger partial charge in [-0.3, -0.25) is 0 Å². The fraction of sp³-hybridized carbons (Fsp3) is 0.333. The van der Waals surface area contributed by atoms with E-state index in [2.05, 4.69) is 0 Å². The Kier molecular flexibility index (Phi) is 2.20. The molecule has 0 N–H and O–H groups in total. The van der Waals surface area contributed by atoms with Gasteiger partial charge in [-0.15, -0.1) is 0 Å². The lowest BCUT2D eigenvalue weighted by Crippen LogP contribution is -2.05. The molecule has 1 aliphatic heterocycles. The van der Waals surface area contributed by atoms with Crippen LogP contribution in [0, 0.1) is 0 Å². The summed E-state index contributed by atoms with van der Waals surface area (Å²) in [7, 11) is 1.65. The van der Waals surface area contributed by atoms with Crippen LogP contribution in [-0.4, -0.2) is 14.5 Å². The smallest absolute Gasteiger partial charge is 0.261 e. The molecule has 14 heavy (non-hydrogen) atoms.